The van der Waals surface area contributed by atoms with Crippen LogP contribution in [0.1, 0.15) is 51.9 Å². The first-order valence-electron chi connectivity index (χ1n) is 7.77. The van der Waals surface area contributed by atoms with Crippen molar-refractivity contribution in [2.45, 2.75) is 57.9 Å². The maximum atomic E-state index is 11.6. The molecule has 0 radical (unpaired) electrons. The Balaban J connectivity index is 3.80. The molecule has 0 heterocycles. The summed E-state index contributed by atoms with van der Waals surface area (Å²) < 4.78 is 9.90. The lowest BCUT2D eigenvalue weighted by Gasteiger charge is -2.15. The molecule has 0 rings (SSSR count). The highest BCUT2D eigenvalue weighted by Gasteiger charge is 2.17. The average Bonchev–Trinajstić information content (AvgIpc) is 2.45. The van der Waals surface area contributed by atoms with E-state index in [4.69, 9.17) is 15.2 Å². The zero-order chi connectivity index (χ0) is 15.9. The molecule has 1 atom stereocenters. The van der Waals surface area contributed by atoms with Crippen LogP contribution in [0.5, 0.6) is 0 Å². The van der Waals surface area contributed by atoms with E-state index < -0.39 is 11.9 Å². The van der Waals surface area contributed by atoms with E-state index >= 15 is 0 Å². The average molecular weight is 302 g/mol. The van der Waals surface area contributed by atoms with Crippen LogP contribution in [-0.4, -0.2) is 44.8 Å². The third-order valence-corrected chi connectivity index (χ3v) is 3.19. The molecule has 0 saturated carbocycles. The quantitative estimate of drug-likeness (QED) is 0.474. The van der Waals surface area contributed by atoms with Crippen LogP contribution in [-0.2, 0) is 19.1 Å². The number of nitrogens with two attached hydrogens (primary N) is 1. The summed E-state index contributed by atoms with van der Waals surface area (Å²) in [5, 5.41) is 2.62. The predicted octanol–water partition coefficient (Wildman–Crippen LogP) is 1.37. The van der Waals surface area contributed by atoms with Crippen molar-refractivity contribution >= 4 is 11.8 Å². The van der Waals surface area contributed by atoms with Crippen LogP contribution >= 0.6 is 0 Å². The number of primary amides is 1. The molecule has 124 valence electrons. The van der Waals surface area contributed by atoms with Crippen LogP contribution in [0.4, 0.5) is 0 Å². The minimum Gasteiger partial charge on any atom is -0.382 e. The van der Waals surface area contributed by atoms with Crippen molar-refractivity contribution in [1.82, 2.24) is 5.32 Å². The molecule has 0 aromatic carbocycles. The second-order valence-electron chi connectivity index (χ2n) is 5.12. The van der Waals surface area contributed by atoms with Gasteiger partial charge in [-0.3, -0.25) is 9.59 Å². The highest BCUT2D eigenvalue weighted by molar-refractivity contribution is 5.86. The van der Waals surface area contributed by atoms with Crippen LogP contribution in [0.2, 0.25) is 0 Å². The SMILES string of the molecule is CCCCCCCC[C@H](NC(=O)COCCOC)C(N)=O. The number of hydrogen-bond acceptors (Lipinski definition) is 4. The Morgan fingerprint density at radius 1 is 1.10 bits per heavy atom. The van der Waals surface area contributed by atoms with Gasteiger partial charge in [-0.15, -0.1) is 0 Å². The molecule has 0 saturated heterocycles. The fraction of sp³-hybridized carbons (Fsp3) is 0.867. The summed E-state index contributed by atoms with van der Waals surface area (Å²) in [7, 11) is 1.56. The van der Waals surface area contributed by atoms with Gasteiger partial charge in [-0.1, -0.05) is 45.4 Å². The first kappa shape index (κ1) is 19.9. The van der Waals surface area contributed by atoms with Crippen molar-refractivity contribution < 1.29 is 19.1 Å². The van der Waals surface area contributed by atoms with Crippen LogP contribution < -0.4 is 11.1 Å². The Kier molecular flexibility index (Phi) is 13.1. The zero-order valence-corrected chi connectivity index (χ0v) is 13.4. The van der Waals surface area contributed by atoms with Crippen LogP contribution in [0.15, 0.2) is 0 Å². The van der Waals surface area contributed by atoms with Gasteiger partial charge in [-0.2, -0.15) is 0 Å². The largest absolute Gasteiger partial charge is 0.382 e. The minimum absolute atomic E-state index is 0.0797. The van der Waals surface area contributed by atoms with Crippen molar-refractivity contribution in [3.05, 3.63) is 0 Å². The van der Waals surface area contributed by atoms with Gasteiger partial charge in [0.15, 0.2) is 0 Å². The molecule has 0 aliphatic carbocycles. The van der Waals surface area contributed by atoms with Crippen LogP contribution in [0.25, 0.3) is 0 Å². The summed E-state index contributed by atoms with van der Waals surface area (Å²) in [5.41, 5.74) is 5.31. The van der Waals surface area contributed by atoms with Crippen molar-refractivity contribution in [3.63, 3.8) is 0 Å². The summed E-state index contributed by atoms with van der Waals surface area (Å²) in [6.07, 6.45) is 7.38. The normalized spacial score (nSPS) is 12.1. The molecule has 3 N–H and O–H groups in total. The maximum absolute atomic E-state index is 11.6. The minimum atomic E-state index is -0.602. The van der Waals surface area contributed by atoms with E-state index in [1.807, 2.05) is 0 Å². The topological polar surface area (TPSA) is 90.7 Å². The first-order valence-corrected chi connectivity index (χ1v) is 7.77. The van der Waals surface area contributed by atoms with Crippen molar-refractivity contribution in [2.75, 3.05) is 26.9 Å². The summed E-state index contributed by atoms with van der Waals surface area (Å²) in [5.74, 6) is -0.810. The standard InChI is InChI=1S/C15H30N2O4/c1-3-4-5-6-7-8-9-13(15(16)19)17-14(18)12-21-11-10-20-2/h13H,3-12H2,1-2H3,(H2,16,19)(H,17,18)/t13-/m0/s1. The number of carbonyl (C=O) groups excluding carboxylic acids is 2. The summed E-state index contributed by atoms with van der Waals surface area (Å²) in [4.78, 5) is 22.9. The number of rotatable bonds is 14. The molecular weight excluding hydrogens is 272 g/mol. The molecule has 0 unspecified atom stereocenters. The molecule has 0 spiro atoms. The van der Waals surface area contributed by atoms with E-state index in [0.717, 1.165) is 19.3 Å². The maximum Gasteiger partial charge on any atom is 0.246 e. The second-order valence-corrected chi connectivity index (χ2v) is 5.12. The number of unbranched alkanes of at least 4 members (excludes halogenated alkanes) is 5. The van der Waals surface area contributed by atoms with Gasteiger partial charge < -0.3 is 20.5 Å². The molecule has 21 heavy (non-hydrogen) atoms. The van der Waals surface area contributed by atoms with Gasteiger partial charge in [0.2, 0.25) is 11.8 Å². The van der Waals surface area contributed by atoms with E-state index in [1.54, 1.807) is 7.11 Å². The Labute approximate surface area is 127 Å². The van der Waals surface area contributed by atoms with Gasteiger partial charge in [-0.05, 0) is 6.42 Å². The number of ether oxygens (including phenoxy) is 2. The van der Waals surface area contributed by atoms with E-state index in [0.29, 0.717) is 19.6 Å². The van der Waals surface area contributed by atoms with E-state index in [-0.39, 0.29) is 12.5 Å². The number of methoxy groups -OCH3 is 1. The lowest BCUT2D eigenvalue weighted by atomic mass is 10.1. The lowest BCUT2D eigenvalue weighted by molar-refractivity contribution is -0.130. The molecule has 0 aromatic heterocycles. The number of carbonyl (C=O) groups is 2. The number of amides is 2. The molecule has 2 amide bonds. The van der Waals surface area contributed by atoms with Crippen molar-refractivity contribution in [2.24, 2.45) is 5.73 Å². The molecule has 0 aliphatic rings. The molecular formula is C15H30N2O4. The van der Waals surface area contributed by atoms with E-state index in [2.05, 4.69) is 12.2 Å². The van der Waals surface area contributed by atoms with Gasteiger partial charge in [0, 0.05) is 7.11 Å². The van der Waals surface area contributed by atoms with Crippen LogP contribution in [0, 0.1) is 0 Å². The third kappa shape index (κ3) is 12.3. The monoisotopic (exact) mass is 302 g/mol. The van der Waals surface area contributed by atoms with Gasteiger partial charge >= 0.3 is 0 Å². The lowest BCUT2D eigenvalue weighted by Crippen LogP contribution is -2.45. The van der Waals surface area contributed by atoms with E-state index in [9.17, 15) is 9.59 Å². The Morgan fingerprint density at radius 2 is 1.76 bits per heavy atom. The highest BCUT2D eigenvalue weighted by Crippen LogP contribution is 2.08. The predicted molar refractivity (Wildman–Crippen MR) is 81.8 cm³/mol. The number of hydrogen-bond donors (Lipinski definition) is 2. The highest BCUT2D eigenvalue weighted by atomic mass is 16.5. The third-order valence-electron chi connectivity index (χ3n) is 3.19. The fourth-order valence-corrected chi connectivity index (χ4v) is 1.96. The molecule has 0 fully saturated rings. The van der Waals surface area contributed by atoms with Crippen LogP contribution in [0.3, 0.4) is 0 Å². The Bertz CT molecular complexity index is 285. The smallest absolute Gasteiger partial charge is 0.246 e. The van der Waals surface area contributed by atoms with E-state index in [1.165, 1.54) is 19.3 Å². The summed E-state index contributed by atoms with van der Waals surface area (Å²) in [6.45, 7) is 2.88. The molecule has 0 bridgehead atoms. The number of nitrogens with one attached hydrogen (secondary N) is 1. The van der Waals surface area contributed by atoms with Crippen molar-refractivity contribution in [3.8, 4) is 0 Å². The van der Waals surface area contributed by atoms with Crippen molar-refractivity contribution in [1.29, 1.82) is 0 Å². The molecule has 0 aromatic rings. The first-order chi connectivity index (χ1) is 10.1. The van der Waals surface area contributed by atoms with Gasteiger partial charge in [0.25, 0.3) is 0 Å². The fourth-order valence-electron chi connectivity index (χ4n) is 1.96. The second kappa shape index (κ2) is 13.8. The van der Waals surface area contributed by atoms with Gasteiger partial charge in [-0.25, -0.2) is 0 Å². The zero-order valence-electron chi connectivity index (χ0n) is 13.4. The summed E-state index contributed by atoms with van der Waals surface area (Å²) >= 11 is 0. The molecule has 6 nitrogen and oxygen atoms in total. The molecule has 0 aliphatic heterocycles. The van der Waals surface area contributed by atoms with Gasteiger partial charge in [0.1, 0.15) is 12.6 Å². The Morgan fingerprint density at radius 3 is 2.38 bits per heavy atom. The van der Waals surface area contributed by atoms with Gasteiger partial charge in [0.05, 0.1) is 13.2 Å². The molecule has 6 heteroatoms. The summed E-state index contributed by atoms with van der Waals surface area (Å²) in [6, 6.07) is -0.602. The Hall–Kier alpha value is -1.14.